The van der Waals surface area contributed by atoms with Gasteiger partial charge in [0.1, 0.15) is 11.6 Å². The smallest absolute Gasteiger partial charge is 0.226 e. The summed E-state index contributed by atoms with van der Waals surface area (Å²) in [6, 6.07) is 5.59. The molecule has 0 atom stereocenters. The maximum Gasteiger partial charge on any atom is 0.226 e. The number of hydrogen-bond donors (Lipinski definition) is 1. The van der Waals surface area contributed by atoms with E-state index in [9.17, 15) is 4.79 Å². The van der Waals surface area contributed by atoms with Gasteiger partial charge in [0.15, 0.2) is 0 Å². The molecule has 20 heavy (non-hydrogen) atoms. The molecule has 0 aliphatic heterocycles. The fourth-order valence-corrected chi connectivity index (χ4v) is 2.42. The van der Waals surface area contributed by atoms with Gasteiger partial charge in [-0.1, -0.05) is 11.2 Å². The van der Waals surface area contributed by atoms with Gasteiger partial charge in [-0.25, -0.2) is 4.98 Å². The minimum absolute atomic E-state index is 0.206. The van der Waals surface area contributed by atoms with Crippen molar-refractivity contribution in [2.24, 2.45) is 0 Å². The van der Waals surface area contributed by atoms with Crippen LogP contribution in [0.25, 0.3) is 22.4 Å². The number of halogens is 1. The van der Waals surface area contributed by atoms with E-state index in [1.165, 1.54) is 0 Å². The Hall–Kier alpha value is -2.14. The Morgan fingerprint density at radius 2 is 2.20 bits per heavy atom. The molecule has 0 saturated heterocycles. The van der Waals surface area contributed by atoms with Crippen LogP contribution >= 0.6 is 11.6 Å². The van der Waals surface area contributed by atoms with Gasteiger partial charge in [0.05, 0.1) is 22.3 Å². The van der Waals surface area contributed by atoms with Crippen molar-refractivity contribution in [2.45, 2.75) is 20.3 Å². The van der Waals surface area contributed by atoms with Crippen LogP contribution in [0.3, 0.4) is 0 Å². The predicted molar refractivity (Wildman–Crippen MR) is 75.6 cm³/mol. The minimum atomic E-state index is -0.380. The summed E-state index contributed by atoms with van der Waals surface area (Å²) in [5, 5.41) is 3.54. The third-order valence-electron chi connectivity index (χ3n) is 3.16. The third kappa shape index (κ3) is 2.20. The van der Waals surface area contributed by atoms with Crippen molar-refractivity contribution in [2.75, 3.05) is 0 Å². The van der Waals surface area contributed by atoms with E-state index in [1.807, 2.05) is 32.0 Å². The highest BCUT2D eigenvalue weighted by Gasteiger charge is 2.15. The third-order valence-corrected chi connectivity index (χ3v) is 3.29. The van der Waals surface area contributed by atoms with Crippen LogP contribution in [-0.4, -0.2) is 20.4 Å². The highest BCUT2D eigenvalue weighted by atomic mass is 35.5. The molecule has 0 unspecified atom stereocenters. The Labute approximate surface area is 119 Å². The number of H-pyrrole nitrogens is 1. The van der Waals surface area contributed by atoms with Gasteiger partial charge in [-0.3, -0.25) is 4.79 Å². The molecule has 0 amide bonds. The lowest BCUT2D eigenvalue weighted by molar-refractivity contribution is -0.111. The first-order valence-corrected chi connectivity index (χ1v) is 6.52. The Balaban J connectivity index is 2.09. The second-order valence-electron chi connectivity index (χ2n) is 4.67. The summed E-state index contributed by atoms with van der Waals surface area (Å²) in [5.74, 6) is 1.43. The lowest BCUT2D eigenvalue weighted by Gasteiger charge is -1.95. The van der Waals surface area contributed by atoms with Crippen molar-refractivity contribution in [1.29, 1.82) is 0 Å². The van der Waals surface area contributed by atoms with Gasteiger partial charge in [0.25, 0.3) is 0 Å². The first-order valence-electron chi connectivity index (χ1n) is 6.15. The van der Waals surface area contributed by atoms with Crippen molar-refractivity contribution in [1.82, 2.24) is 15.1 Å². The first kappa shape index (κ1) is 12.9. The number of fused-ring (bicyclic) bond motifs is 1. The molecule has 6 heteroatoms. The molecule has 1 aromatic carbocycles. The molecular formula is C14H12ClN3O2. The van der Waals surface area contributed by atoms with Crippen LogP contribution in [0.5, 0.6) is 0 Å². The SMILES string of the molecule is Cc1noc(C)c1-c1nc2ccc(CC(=O)Cl)cc2[nH]1. The van der Waals surface area contributed by atoms with Crippen molar-refractivity contribution < 1.29 is 9.32 Å². The zero-order valence-corrected chi connectivity index (χ0v) is 11.8. The molecule has 102 valence electrons. The normalized spacial score (nSPS) is 11.2. The van der Waals surface area contributed by atoms with Gasteiger partial charge >= 0.3 is 0 Å². The van der Waals surface area contributed by atoms with Gasteiger partial charge in [-0.15, -0.1) is 0 Å². The maximum atomic E-state index is 10.9. The van der Waals surface area contributed by atoms with Crippen molar-refractivity contribution in [3.63, 3.8) is 0 Å². The minimum Gasteiger partial charge on any atom is -0.361 e. The highest BCUT2D eigenvalue weighted by Crippen LogP contribution is 2.26. The zero-order valence-electron chi connectivity index (χ0n) is 11.0. The van der Waals surface area contributed by atoms with E-state index in [4.69, 9.17) is 16.1 Å². The fourth-order valence-electron chi connectivity index (χ4n) is 2.27. The second kappa shape index (κ2) is 4.76. The van der Waals surface area contributed by atoms with E-state index in [-0.39, 0.29) is 11.7 Å². The van der Waals surface area contributed by atoms with Crippen LogP contribution in [0.2, 0.25) is 0 Å². The number of carbonyl (C=O) groups excluding carboxylic acids is 1. The molecule has 0 aliphatic carbocycles. The second-order valence-corrected chi connectivity index (χ2v) is 5.09. The van der Waals surface area contributed by atoms with Crippen LogP contribution < -0.4 is 0 Å². The van der Waals surface area contributed by atoms with Crippen LogP contribution in [0.1, 0.15) is 17.0 Å². The highest BCUT2D eigenvalue weighted by molar-refractivity contribution is 6.63. The molecule has 3 rings (SSSR count). The fraction of sp³-hybridized carbons (Fsp3) is 0.214. The Morgan fingerprint density at radius 1 is 1.40 bits per heavy atom. The Kier molecular flexibility index (Phi) is 3.06. The lowest BCUT2D eigenvalue weighted by atomic mass is 10.1. The number of rotatable bonds is 3. The number of nitrogens with zero attached hydrogens (tertiary/aromatic N) is 2. The molecule has 0 aliphatic rings. The van der Waals surface area contributed by atoms with Crippen molar-refractivity contribution in [3.8, 4) is 11.4 Å². The topological polar surface area (TPSA) is 71.8 Å². The molecular weight excluding hydrogens is 278 g/mol. The number of nitrogens with one attached hydrogen (secondary N) is 1. The van der Waals surface area contributed by atoms with E-state index in [1.54, 1.807) is 0 Å². The molecule has 5 nitrogen and oxygen atoms in total. The maximum absolute atomic E-state index is 10.9. The molecule has 0 radical (unpaired) electrons. The summed E-state index contributed by atoms with van der Waals surface area (Å²) in [5.41, 5.74) is 4.20. The van der Waals surface area contributed by atoms with Crippen LogP contribution in [-0.2, 0) is 11.2 Å². The van der Waals surface area contributed by atoms with Crippen molar-refractivity contribution in [3.05, 3.63) is 35.2 Å². The quantitative estimate of drug-likeness (QED) is 0.752. The van der Waals surface area contributed by atoms with Crippen LogP contribution in [0, 0.1) is 13.8 Å². The summed E-state index contributed by atoms with van der Waals surface area (Å²) < 4.78 is 5.15. The molecule has 0 bridgehead atoms. The standard InChI is InChI=1S/C14H12ClN3O2/c1-7-13(8(2)20-18-7)14-16-10-4-3-9(6-12(15)19)5-11(10)17-14/h3-5H,6H2,1-2H3,(H,16,17). The Morgan fingerprint density at radius 3 is 2.85 bits per heavy atom. The zero-order chi connectivity index (χ0) is 14.3. The first-order chi connectivity index (χ1) is 9.54. The van der Waals surface area contributed by atoms with Gasteiger partial charge in [0.2, 0.25) is 5.24 Å². The van der Waals surface area contributed by atoms with Crippen molar-refractivity contribution >= 4 is 27.9 Å². The van der Waals surface area contributed by atoms with Gasteiger partial charge in [-0.2, -0.15) is 0 Å². The summed E-state index contributed by atoms with van der Waals surface area (Å²) >= 11 is 5.41. The molecule has 2 aromatic heterocycles. The molecule has 0 saturated carbocycles. The van der Waals surface area contributed by atoms with Gasteiger partial charge in [-0.05, 0) is 43.1 Å². The van der Waals surface area contributed by atoms with Gasteiger partial charge in [0, 0.05) is 6.42 Å². The monoisotopic (exact) mass is 289 g/mol. The summed E-state index contributed by atoms with van der Waals surface area (Å²) in [6.07, 6.45) is 0.206. The van der Waals surface area contributed by atoms with Gasteiger partial charge < -0.3 is 9.51 Å². The molecule has 0 fully saturated rings. The summed E-state index contributed by atoms with van der Waals surface area (Å²) in [7, 11) is 0. The summed E-state index contributed by atoms with van der Waals surface area (Å²) in [4.78, 5) is 18.7. The predicted octanol–water partition coefficient (Wildman–Crippen LogP) is 3.14. The van der Waals surface area contributed by atoms with E-state index in [0.29, 0.717) is 5.82 Å². The number of imidazole rings is 1. The van der Waals surface area contributed by atoms with Crippen LogP contribution in [0.4, 0.5) is 0 Å². The van der Waals surface area contributed by atoms with E-state index < -0.39 is 0 Å². The average Bonchev–Trinajstić information content (AvgIpc) is 2.91. The van der Waals surface area contributed by atoms with Crippen LogP contribution in [0.15, 0.2) is 22.7 Å². The molecule has 1 N–H and O–H groups in total. The molecule has 0 spiro atoms. The number of hydrogen-bond acceptors (Lipinski definition) is 4. The number of aromatic amines is 1. The largest absolute Gasteiger partial charge is 0.361 e. The molecule has 3 aromatic rings. The number of carbonyl (C=O) groups is 1. The van der Waals surface area contributed by atoms with E-state index in [0.717, 1.165) is 33.6 Å². The number of aromatic nitrogens is 3. The average molecular weight is 290 g/mol. The van der Waals surface area contributed by atoms with E-state index >= 15 is 0 Å². The summed E-state index contributed by atoms with van der Waals surface area (Å²) in [6.45, 7) is 3.72. The number of benzene rings is 1. The Bertz CT molecular complexity index is 784. The lowest BCUT2D eigenvalue weighted by Crippen LogP contribution is -1.92. The number of aryl methyl sites for hydroxylation is 2. The molecule has 2 heterocycles. The van der Waals surface area contributed by atoms with E-state index in [2.05, 4.69) is 15.1 Å².